The minimum Gasteiger partial charge on any atom is -0.465 e. The van der Waals surface area contributed by atoms with E-state index in [1.54, 1.807) is 18.2 Å². The molecule has 0 atom stereocenters. The molecule has 1 rings (SSSR count). The predicted octanol–water partition coefficient (Wildman–Crippen LogP) is 2.95. The van der Waals surface area contributed by atoms with Crippen molar-refractivity contribution in [2.45, 2.75) is 19.9 Å². The second-order valence-electron chi connectivity index (χ2n) is 3.45. The van der Waals surface area contributed by atoms with Crippen molar-refractivity contribution < 1.29 is 9.53 Å². The summed E-state index contributed by atoms with van der Waals surface area (Å²) in [5.74, 6) is -0.388. The van der Waals surface area contributed by atoms with Crippen LogP contribution in [0, 0.1) is 0 Å². The minimum absolute atomic E-state index is 0.202. The van der Waals surface area contributed by atoms with Crippen molar-refractivity contribution >= 4 is 23.3 Å². The molecule has 0 aliphatic carbocycles. The van der Waals surface area contributed by atoms with Crippen LogP contribution < -0.4 is 5.32 Å². The topological polar surface area (TPSA) is 38.3 Å². The molecule has 0 heterocycles. The molecule has 0 radical (unpaired) electrons. The fourth-order valence-electron chi connectivity index (χ4n) is 1.24. The van der Waals surface area contributed by atoms with E-state index < -0.39 is 0 Å². The number of halogens is 1. The van der Waals surface area contributed by atoms with Crippen molar-refractivity contribution in [3.8, 4) is 0 Å². The molecule has 1 aromatic rings. The lowest BCUT2D eigenvalue weighted by molar-refractivity contribution is 0.0602. The standard InChI is InChI=1S/C11H14ClNO2/c1-7(2)13-10-8(11(14)15-3)5-4-6-9(10)12/h4-7,13H,1-3H3. The molecule has 4 heteroatoms. The van der Waals surface area contributed by atoms with Gasteiger partial charge in [0.1, 0.15) is 0 Å². The molecular weight excluding hydrogens is 214 g/mol. The molecule has 0 aliphatic rings. The molecule has 82 valence electrons. The highest BCUT2D eigenvalue weighted by molar-refractivity contribution is 6.34. The highest BCUT2D eigenvalue weighted by Gasteiger charge is 2.14. The monoisotopic (exact) mass is 227 g/mol. The average Bonchev–Trinajstić information content (AvgIpc) is 2.19. The summed E-state index contributed by atoms with van der Waals surface area (Å²) in [6, 6.07) is 5.34. The quantitative estimate of drug-likeness (QED) is 0.807. The lowest BCUT2D eigenvalue weighted by Gasteiger charge is -2.14. The molecule has 0 aromatic heterocycles. The maximum absolute atomic E-state index is 11.4. The van der Waals surface area contributed by atoms with E-state index in [1.165, 1.54) is 7.11 Å². The van der Waals surface area contributed by atoms with Crippen LogP contribution >= 0.6 is 11.6 Å². The number of methoxy groups -OCH3 is 1. The van der Waals surface area contributed by atoms with Gasteiger partial charge in [-0.1, -0.05) is 17.7 Å². The lowest BCUT2D eigenvalue weighted by Crippen LogP contribution is -2.14. The van der Waals surface area contributed by atoms with Gasteiger partial charge in [-0.3, -0.25) is 0 Å². The summed E-state index contributed by atoms with van der Waals surface area (Å²) in [6.45, 7) is 3.95. The Kier molecular flexibility index (Phi) is 3.97. The van der Waals surface area contributed by atoms with Crippen molar-refractivity contribution in [2.75, 3.05) is 12.4 Å². The third-order valence-corrected chi connectivity index (χ3v) is 2.17. The van der Waals surface area contributed by atoms with Gasteiger partial charge >= 0.3 is 5.97 Å². The van der Waals surface area contributed by atoms with Crippen LogP contribution in [-0.2, 0) is 4.74 Å². The number of ether oxygens (including phenoxy) is 1. The van der Waals surface area contributed by atoms with Crippen LogP contribution in [0.1, 0.15) is 24.2 Å². The van der Waals surface area contributed by atoms with Crippen LogP contribution in [0.5, 0.6) is 0 Å². The number of rotatable bonds is 3. The zero-order valence-corrected chi connectivity index (χ0v) is 9.76. The predicted molar refractivity (Wildman–Crippen MR) is 61.6 cm³/mol. The summed E-state index contributed by atoms with van der Waals surface area (Å²) >= 11 is 6.00. The Hall–Kier alpha value is -1.22. The van der Waals surface area contributed by atoms with Gasteiger partial charge in [-0.05, 0) is 26.0 Å². The Morgan fingerprint density at radius 3 is 2.67 bits per heavy atom. The molecule has 0 unspecified atom stereocenters. The lowest BCUT2D eigenvalue weighted by atomic mass is 10.1. The second-order valence-corrected chi connectivity index (χ2v) is 3.86. The number of hydrogen-bond acceptors (Lipinski definition) is 3. The molecule has 0 fully saturated rings. The summed E-state index contributed by atoms with van der Waals surface area (Å²) in [5, 5.41) is 3.64. The van der Waals surface area contributed by atoms with E-state index in [4.69, 9.17) is 11.6 Å². The molecular formula is C11H14ClNO2. The van der Waals surface area contributed by atoms with E-state index in [-0.39, 0.29) is 12.0 Å². The zero-order chi connectivity index (χ0) is 11.4. The van der Waals surface area contributed by atoms with E-state index in [0.717, 1.165) is 0 Å². The van der Waals surface area contributed by atoms with Gasteiger partial charge in [-0.15, -0.1) is 0 Å². The highest BCUT2D eigenvalue weighted by Crippen LogP contribution is 2.27. The van der Waals surface area contributed by atoms with Crippen LogP contribution in [0.25, 0.3) is 0 Å². The van der Waals surface area contributed by atoms with Gasteiger partial charge in [0.2, 0.25) is 0 Å². The fourth-order valence-corrected chi connectivity index (χ4v) is 1.47. The summed E-state index contributed by atoms with van der Waals surface area (Å²) in [7, 11) is 1.35. The van der Waals surface area contributed by atoms with E-state index in [9.17, 15) is 4.79 Å². The molecule has 0 saturated carbocycles. The van der Waals surface area contributed by atoms with Gasteiger partial charge in [-0.2, -0.15) is 0 Å². The van der Waals surface area contributed by atoms with Crippen molar-refractivity contribution in [3.05, 3.63) is 28.8 Å². The summed E-state index contributed by atoms with van der Waals surface area (Å²) < 4.78 is 4.68. The van der Waals surface area contributed by atoms with Crippen LogP contribution in [0.2, 0.25) is 5.02 Å². The van der Waals surface area contributed by atoms with Crippen molar-refractivity contribution in [3.63, 3.8) is 0 Å². The van der Waals surface area contributed by atoms with Gasteiger partial charge in [0.15, 0.2) is 0 Å². The number of carbonyl (C=O) groups is 1. The van der Waals surface area contributed by atoms with Crippen LogP contribution in [-0.4, -0.2) is 19.1 Å². The fraction of sp³-hybridized carbons (Fsp3) is 0.364. The summed E-state index contributed by atoms with van der Waals surface area (Å²) in [4.78, 5) is 11.4. The van der Waals surface area contributed by atoms with E-state index in [1.807, 2.05) is 13.8 Å². The Labute approximate surface area is 94.4 Å². The first kappa shape index (κ1) is 11.9. The average molecular weight is 228 g/mol. The van der Waals surface area contributed by atoms with Crippen LogP contribution in [0.15, 0.2) is 18.2 Å². The minimum atomic E-state index is -0.388. The van der Waals surface area contributed by atoms with Gasteiger partial charge in [-0.25, -0.2) is 4.79 Å². The van der Waals surface area contributed by atoms with Crippen molar-refractivity contribution in [2.24, 2.45) is 0 Å². The van der Waals surface area contributed by atoms with E-state index in [2.05, 4.69) is 10.1 Å². The molecule has 1 N–H and O–H groups in total. The molecule has 0 amide bonds. The number of nitrogens with one attached hydrogen (secondary N) is 1. The molecule has 3 nitrogen and oxygen atoms in total. The molecule has 0 spiro atoms. The first-order chi connectivity index (χ1) is 7.06. The Bertz CT molecular complexity index is 364. The SMILES string of the molecule is COC(=O)c1cccc(Cl)c1NC(C)C. The summed E-state index contributed by atoms with van der Waals surface area (Å²) in [6.07, 6.45) is 0. The first-order valence-corrected chi connectivity index (χ1v) is 5.07. The number of anilines is 1. The molecule has 15 heavy (non-hydrogen) atoms. The van der Waals surface area contributed by atoms with Gasteiger partial charge in [0.05, 0.1) is 23.4 Å². The van der Waals surface area contributed by atoms with Crippen LogP contribution in [0.3, 0.4) is 0 Å². The number of esters is 1. The van der Waals surface area contributed by atoms with Crippen molar-refractivity contribution in [1.29, 1.82) is 0 Å². The zero-order valence-electron chi connectivity index (χ0n) is 9.00. The molecule has 0 saturated heterocycles. The number of carbonyl (C=O) groups excluding carboxylic acids is 1. The smallest absolute Gasteiger partial charge is 0.340 e. The normalized spacial score (nSPS) is 10.2. The van der Waals surface area contributed by atoms with E-state index >= 15 is 0 Å². The molecule has 1 aromatic carbocycles. The van der Waals surface area contributed by atoms with Gasteiger partial charge < -0.3 is 10.1 Å². The van der Waals surface area contributed by atoms with Gasteiger partial charge in [0, 0.05) is 6.04 Å². The second kappa shape index (κ2) is 5.03. The summed E-state index contributed by atoms with van der Waals surface area (Å²) in [5.41, 5.74) is 1.08. The van der Waals surface area contributed by atoms with Crippen molar-refractivity contribution in [1.82, 2.24) is 0 Å². The van der Waals surface area contributed by atoms with Crippen LogP contribution in [0.4, 0.5) is 5.69 Å². The third-order valence-electron chi connectivity index (χ3n) is 1.85. The largest absolute Gasteiger partial charge is 0.465 e. The number of benzene rings is 1. The maximum atomic E-state index is 11.4. The number of para-hydroxylation sites is 1. The Morgan fingerprint density at radius 1 is 1.47 bits per heavy atom. The third kappa shape index (κ3) is 2.86. The maximum Gasteiger partial charge on any atom is 0.340 e. The number of hydrogen-bond donors (Lipinski definition) is 1. The van der Waals surface area contributed by atoms with Gasteiger partial charge in [0.25, 0.3) is 0 Å². The van der Waals surface area contributed by atoms with E-state index in [0.29, 0.717) is 16.3 Å². The molecule has 0 bridgehead atoms. The Morgan fingerprint density at radius 2 is 2.13 bits per heavy atom. The Balaban J connectivity index is 3.14. The highest BCUT2D eigenvalue weighted by atomic mass is 35.5. The first-order valence-electron chi connectivity index (χ1n) is 4.69. The molecule has 0 aliphatic heterocycles.